The number of halogens is 3. The summed E-state index contributed by atoms with van der Waals surface area (Å²) in [5, 5.41) is 0. The van der Waals surface area contributed by atoms with E-state index in [4.69, 9.17) is 0 Å². The first kappa shape index (κ1) is 14.1. The average molecular weight is 276 g/mol. The highest BCUT2D eigenvalue weighted by atomic mass is 19.4. The minimum atomic E-state index is -4.36. The van der Waals surface area contributed by atoms with E-state index in [2.05, 4.69) is 0 Å². The lowest BCUT2D eigenvalue weighted by Gasteiger charge is -2.09. The van der Waals surface area contributed by atoms with Gasteiger partial charge in [0, 0.05) is 0 Å². The molecule has 0 saturated carbocycles. The molecule has 0 spiro atoms. The average Bonchev–Trinajstić information content (AvgIpc) is 2.45. The molecule has 102 valence electrons. The number of alkyl halides is 3. The smallest absolute Gasteiger partial charge is 0.299 e. The van der Waals surface area contributed by atoms with Gasteiger partial charge in [-0.2, -0.15) is 13.2 Å². The maximum Gasteiger partial charge on any atom is 0.416 e. The van der Waals surface area contributed by atoms with Gasteiger partial charge in [-0.25, -0.2) is 0 Å². The Bertz CT molecular complexity index is 642. The van der Waals surface area contributed by atoms with Crippen molar-refractivity contribution in [1.82, 2.24) is 0 Å². The third-order valence-electron chi connectivity index (χ3n) is 2.78. The molecular weight excluding hydrogens is 265 g/mol. The molecule has 0 aliphatic heterocycles. The lowest BCUT2D eigenvalue weighted by Crippen LogP contribution is -2.04. The van der Waals surface area contributed by atoms with Crippen molar-refractivity contribution in [3.63, 3.8) is 0 Å². The van der Waals surface area contributed by atoms with E-state index in [1.54, 1.807) is 36.4 Å². The van der Waals surface area contributed by atoms with Crippen LogP contribution in [0.25, 0.3) is 17.2 Å². The zero-order valence-electron chi connectivity index (χ0n) is 10.4. The highest BCUT2D eigenvalue weighted by molar-refractivity contribution is 5.75. The predicted molar refractivity (Wildman–Crippen MR) is 72.0 cm³/mol. The lowest BCUT2D eigenvalue weighted by molar-refractivity contribution is -0.137. The van der Waals surface area contributed by atoms with Crippen LogP contribution in [0.1, 0.15) is 11.1 Å². The molecule has 0 fully saturated rings. The van der Waals surface area contributed by atoms with Gasteiger partial charge < -0.3 is 0 Å². The number of allylic oxidation sites excluding steroid dienone is 1. The van der Waals surface area contributed by atoms with E-state index < -0.39 is 11.7 Å². The number of carbonyl (C=O) groups excluding carboxylic acids is 1. The molecular formula is C16H11F3O. The van der Waals surface area contributed by atoms with Gasteiger partial charge in [0.15, 0.2) is 0 Å². The van der Waals surface area contributed by atoms with E-state index >= 15 is 0 Å². The third-order valence-corrected chi connectivity index (χ3v) is 2.78. The van der Waals surface area contributed by atoms with E-state index in [0.29, 0.717) is 17.4 Å². The number of aldehydes is 1. The molecule has 0 aliphatic carbocycles. The summed E-state index contributed by atoms with van der Waals surface area (Å²) in [4.78, 5) is 10.3. The largest absolute Gasteiger partial charge is 0.416 e. The van der Waals surface area contributed by atoms with Gasteiger partial charge in [0.25, 0.3) is 0 Å². The Morgan fingerprint density at radius 1 is 0.900 bits per heavy atom. The fourth-order valence-electron chi connectivity index (χ4n) is 1.85. The molecule has 0 heterocycles. The quantitative estimate of drug-likeness (QED) is 0.592. The van der Waals surface area contributed by atoms with Crippen LogP contribution < -0.4 is 0 Å². The second-order valence-electron chi connectivity index (χ2n) is 4.20. The fraction of sp³-hybridized carbons (Fsp3) is 0.0625. The van der Waals surface area contributed by atoms with E-state index in [1.807, 2.05) is 0 Å². The number of hydrogen-bond donors (Lipinski definition) is 0. The third kappa shape index (κ3) is 3.35. The summed E-state index contributed by atoms with van der Waals surface area (Å²) in [6.45, 7) is 0. The molecule has 0 aliphatic rings. The molecule has 0 amide bonds. The van der Waals surface area contributed by atoms with E-state index in [-0.39, 0.29) is 0 Å². The van der Waals surface area contributed by atoms with Crippen molar-refractivity contribution in [2.75, 3.05) is 0 Å². The van der Waals surface area contributed by atoms with Crippen molar-refractivity contribution in [2.45, 2.75) is 6.18 Å². The standard InChI is InChI=1S/C16H11F3O/c17-16(18,19)15-8-2-7-14(11-15)13-6-1-4-12(10-13)5-3-9-20/h1-11H. The highest BCUT2D eigenvalue weighted by Crippen LogP contribution is 2.32. The minimum Gasteiger partial charge on any atom is -0.299 e. The van der Waals surface area contributed by atoms with Crippen LogP contribution in [0.4, 0.5) is 13.2 Å². The summed E-state index contributed by atoms with van der Waals surface area (Å²) in [5.41, 5.74) is 1.24. The van der Waals surface area contributed by atoms with Gasteiger partial charge in [-0.05, 0) is 41.0 Å². The number of hydrogen-bond acceptors (Lipinski definition) is 1. The van der Waals surface area contributed by atoms with Crippen LogP contribution in [0, 0.1) is 0 Å². The second kappa shape index (κ2) is 5.74. The van der Waals surface area contributed by atoms with Gasteiger partial charge in [0.2, 0.25) is 0 Å². The van der Waals surface area contributed by atoms with Gasteiger partial charge in [-0.15, -0.1) is 0 Å². The topological polar surface area (TPSA) is 17.1 Å². The molecule has 4 heteroatoms. The molecule has 0 aromatic heterocycles. The molecule has 0 atom stereocenters. The number of carbonyl (C=O) groups is 1. The number of benzene rings is 2. The maximum absolute atomic E-state index is 12.7. The zero-order valence-corrected chi connectivity index (χ0v) is 10.4. The Balaban J connectivity index is 2.41. The molecule has 2 aromatic carbocycles. The van der Waals surface area contributed by atoms with Gasteiger partial charge in [-0.3, -0.25) is 4.79 Å². The SMILES string of the molecule is O=CC=Cc1cccc(-c2cccc(C(F)(F)F)c2)c1. The van der Waals surface area contributed by atoms with Crippen molar-refractivity contribution in [3.8, 4) is 11.1 Å². The van der Waals surface area contributed by atoms with E-state index in [1.165, 1.54) is 12.1 Å². The monoisotopic (exact) mass is 276 g/mol. The Morgan fingerprint density at radius 2 is 1.55 bits per heavy atom. The van der Waals surface area contributed by atoms with Crippen molar-refractivity contribution in [3.05, 3.63) is 65.7 Å². The number of rotatable bonds is 3. The first-order valence-electron chi connectivity index (χ1n) is 5.90. The summed E-state index contributed by atoms with van der Waals surface area (Å²) in [6, 6.07) is 12.1. The molecule has 0 unspecified atom stereocenters. The van der Waals surface area contributed by atoms with Crippen molar-refractivity contribution >= 4 is 12.4 Å². The van der Waals surface area contributed by atoms with Crippen molar-refractivity contribution in [2.24, 2.45) is 0 Å². The van der Waals surface area contributed by atoms with Crippen LogP contribution in [-0.4, -0.2) is 6.29 Å². The molecule has 0 bridgehead atoms. The first-order chi connectivity index (χ1) is 9.50. The van der Waals surface area contributed by atoms with Gasteiger partial charge in [-0.1, -0.05) is 36.4 Å². The Labute approximate surface area is 114 Å². The maximum atomic E-state index is 12.7. The minimum absolute atomic E-state index is 0.487. The van der Waals surface area contributed by atoms with Gasteiger partial charge in [0.1, 0.15) is 6.29 Å². The van der Waals surface area contributed by atoms with E-state index in [0.717, 1.165) is 17.7 Å². The first-order valence-corrected chi connectivity index (χ1v) is 5.90. The lowest BCUT2D eigenvalue weighted by atomic mass is 10.0. The van der Waals surface area contributed by atoms with Gasteiger partial charge >= 0.3 is 6.18 Å². The molecule has 0 saturated heterocycles. The molecule has 0 radical (unpaired) electrons. The fourth-order valence-corrected chi connectivity index (χ4v) is 1.85. The Hall–Kier alpha value is -2.36. The van der Waals surface area contributed by atoms with Crippen LogP contribution in [0.5, 0.6) is 0 Å². The Morgan fingerprint density at radius 3 is 2.20 bits per heavy atom. The summed E-state index contributed by atoms with van der Waals surface area (Å²) < 4.78 is 38.0. The van der Waals surface area contributed by atoms with Crippen LogP contribution in [0.15, 0.2) is 54.6 Å². The molecule has 1 nitrogen and oxygen atoms in total. The van der Waals surface area contributed by atoms with Crippen molar-refractivity contribution < 1.29 is 18.0 Å². The zero-order chi connectivity index (χ0) is 14.6. The molecule has 20 heavy (non-hydrogen) atoms. The molecule has 2 rings (SSSR count). The van der Waals surface area contributed by atoms with Gasteiger partial charge in [0.05, 0.1) is 5.56 Å². The van der Waals surface area contributed by atoms with Crippen LogP contribution in [-0.2, 0) is 11.0 Å². The summed E-state index contributed by atoms with van der Waals surface area (Å²) in [6.07, 6.45) is -0.767. The summed E-state index contributed by atoms with van der Waals surface area (Å²) >= 11 is 0. The normalized spacial score (nSPS) is 11.8. The van der Waals surface area contributed by atoms with E-state index in [9.17, 15) is 18.0 Å². The second-order valence-corrected chi connectivity index (χ2v) is 4.20. The van der Waals surface area contributed by atoms with Crippen LogP contribution in [0.3, 0.4) is 0 Å². The highest BCUT2D eigenvalue weighted by Gasteiger charge is 2.30. The Kier molecular flexibility index (Phi) is 4.03. The van der Waals surface area contributed by atoms with Crippen molar-refractivity contribution in [1.29, 1.82) is 0 Å². The van der Waals surface area contributed by atoms with Crippen LogP contribution in [0.2, 0.25) is 0 Å². The molecule has 0 N–H and O–H groups in total. The summed E-state index contributed by atoms with van der Waals surface area (Å²) in [5.74, 6) is 0. The predicted octanol–water partition coefficient (Wildman–Crippen LogP) is 4.58. The van der Waals surface area contributed by atoms with Crippen LogP contribution >= 0.6 is 0 Å². The molecule has 2 aromatic rings. The summed E-state index contributed by atoms with van der Waals surface area (Å²) in [7, 11) is 0.